The van der Waals surface area contributed by atoms with E-state index in [-0.39, 0.29) is 5.69 Å². The first-order valence-electron chi connectivity index (χ1n) is 5.33. The van der Waals surface area contributed by atoms with Crippen LogP contribution in [0.25, 0.3) is 10.8 Å². The van der Waals surface area contributed by atoms with Gasteiger partial charge in [0.2, 0.25) is 0 Å². The molecule has 0 aliphatic rings. The van der Waals surface area contributed by atoms with E-state index in [4.69, 9.17) is 5.11 Å². The molecule has 3 nitrogen and oxygen atoms in total. The molecule has 4 heteroatoms. The maximum absolute atomic E-state index is 11.0. The molecule has 88 valence electrons. The second-order valence-corrected chi connectivity index (χ2v) is 4.71. The summed E-state index contributed by atoms with van der Waals surface area (Å²) in [6.07, 6.45) is 2.83. The van der Waals surface area contributed by atoms with Gasteiger partial charge < -0.3 is 5.11 Å². The fourth-order valence-corrected chi connectivity index (χ4v) is 2.17. The Morgan fingerprint density at radius 2 is 2.18 bits per heavy atom. The van der Waals surface area contributed by atoms with E-state index in [1.54, 1.807) is 17.8 Å². The van der Waals surface area contributed by atoms with Crippen molar-refractivity contribution in [3.8, 4) is 0 Å². The first-order valence-corrected chi connectivity index (χ1v) is 6.72. The van der Waals surface area contributed by atoms with Crippen LogP contribution in [0.1, 0.15) is 16.2 Å². The number of carboxylic acids is 1. The molecule has 17 heavy (non-hydrogen) atoms. The van der Waals surface area contributed by atoms with Gasteiger partial charge in [0.1, 0.15) is 5.69 Å². The number of aryl methyl sites for hydroxylation is 1. The first-order chi connectivity index (χ1) is 8.22. The molecule has 2 aromatic rings. The van der Waals surface area contributed by atoms with Crippen LogP contribution in [0.4, 0.5) is 0 Å². The summed E-state index contributed by atoms with van der Waals surface area (Å²) >= 11 is 1.73. The number of thioether (sulfide) groups is 1. The Labute approximate surface area is 104 Å². The molecule has 0 atom stereocenters. The van der Waals surface area contributed by atoms with Crippen LogP contribution in [0.3, 0.4) is 0 Å². The van der Waals surface area contributed by atoms with E-state index in [0.717, 1.165) is 28.6 Å². The average molecular weight is 247 g/mol. The zero-order valence-corrected chi connectivity index (χ0v) is 10.3. The lowest BCUT2D eigenvalue weighted by Gasteiger charge is -2.06. The fourth-order valence-electron chi connectivity index (χ4n) is 1.77. The van der Waals surface area contributed by atoms with Crippen LogP contribution in [-0.4, -0.2) is 28.1 Å². The number of benzene rings is 1. The average Bonchev–Trinajstić information content (AvgIpc) is 2.35. The summed E-state index contributed by atoms with van der Waals surface area (Å²) in [5, 5.41) is 11.0. The maximum atomic E-state index is 11.0. The number of aromatic nitrogens is 1. The van der Waals surface area contributed by atoms with E-state index in [1.807, 2.05) is 30.5 Å². The SMILES string of the molecule is CSCCc1nc(C(=O)O)cc2ccccc12. The van der Waals surface area contributed by atoms with Crippen LogP contribution in [0.5, 0.6) is 0 Å². The van der Waals surface area contributed by atoms with Crippen LogP contribution in [0, 0.1) is 0 Å². The Hall–Kier alpha value is -1.55. The van der Waals surface area contributed by atoms with E-state index in [2.05, 4.69) is 4.98 Å². The number of carbonyl (C=O) groups is 1. The lowest BCUT2D eigenvalue weighted by molar-refractivity contribution is 0.0690. The van der Waals surface area contributed by atoms with E-state index >= 15 is 0 Å². The van der Waals surface area contributed by atoms with Crippen LogP contribution in [-0.2, 0) is 6.42 Å². The quantitative estimate of drug-likeness (QED) is 0.902. The van der Waals surface area contributed by atoms with Gasteiger partial charge >= 0.3 is 5.97 Å². The van der Waals surface area contributed by atoms with Crippen molar-refractivity contribution in [1.82, 2.24) is 4.98 Å². The highest BCUT2D eigenvalue weighted by Crippen LogP contribution is 2.19. The molecule has 0 bridgehead atoms. The molecular weight excluding hydrogens is 234 g/mol. The second-order valence-electron chi connectivity index (χ2n) is 3.72. The lowest BCUT2D eigenvalue weighted by Crippen LogP contribution is -2.04. The monoisotopic (exact) mass is 247 g/mol. The van der Waals surface area contributed by atoms with Crippen molar-refractivity contribution < 1.29 is 9.90 Å². The van der Waals surface area contributed by atoms with E-state index < -0.39 is 5.97 Å². The smallest absolute Gasteiger partial charge is 0.354 e. The van der Waals surface area contributed by atoms with Gasteiger partial charge in [0.25, 0.3) is 0 Å². The van der Waals surface area contributed by atoms with Crippen molar-refractivity contribution in [2.75, 3.05) is 12.0 Å². The number of aromatic carboxylic acids is 1. The van der Waals surface area contributed by atoms with Crippen LogP contribution in [0.2, 0.25) is 0 Å². The van der Waals surface area contributed by atoms with Gasteiger partial charge in [0.05, 0.1) is 5.69 Å². The zero-order valence-electron chi connectivity index (χ0n) is 9.51. The molecule has 0 radical (unpaired) electrons. The normalized spacial score (nSPS) is 10.6. The van der Waals surface area contributed by atoms with Crippen molar-refractivity contribution in [2.45, 2.75) is 6.42 Å². The Balaban J connectivity index is 2.56. The van der Waals surface area contributed by atoms with Gasteiger partial charge in [-0.05, 0) is 29.9 Å². The third kappa shape index (κ3) is 2.58. The summed E-state index contributed by atoms with van der Waals surface area (Å²) in [7, 11) is 0. The van der Waals surface area contributed by atoms with Gasteiger partial charge in [-0.2, -0.15) is 11.8 Å². The minimum Gasteiger partial charge on any atom is -0.477 e. The summed E-state index contributed by atoms with van der Waals surface area (Å²) in [6.45, 7) is 0. The van der Waals surface area contributed by atoms with Gasteiger partial charge in [0, 0.05) is 5.39 Å². The predicted octanol–water partition coefficient (Wildman–Crippen LogP) is 2.84. The van der Waals surface area contributed by atoms with Crippen molar-refractivity contribution in [3.05, 3.63) is 41.7 Å². The van der Waals surface area contributed by atoms with Gasteiger partial charge in [-0.25, -0.2) is 9.78 Å². The van der Waals surface area contributed by atoms with Gasteiger partial charge in [-0.1, -0.05) is 24.3 Å². The Kier molecular flexibility index (Phi) is 3.64. The van der Waals surface area contributed by atoms with Gasteiger partial charge in [-0.15, -0.1) is 0 Å². The first kappa shape index (κ1) is 11.9. The minimum atomic E-state index is -0.971. The molecule has 0 saturated carbocycles. The van der Waals surface area contributed by atoms with Crippen molar-refractivity contribution in [2.24, 2.45) is 0 Å². The predicted molar refractivity (Wildman–Crippen MR) is 70.8 cm³/mol. The summed E-state index contributed by atoms with van der Waals surface area (Å²) in [5.74, 6) is -0.0266. The van der Waals surface area contributed by atoms with Crippen LogP contribution in [0.15, 0.2) is 30.3 Å². The molecule has 0 aliphatic heterocycles. The highest BCUT2D eigenvalue weighted by Gasteiger charge is 2.10. The number of hydrogen-bond acceptors (Lipinski definition) is 3. The molecule has 2 rings (SSSR count). The molecule has 1 heterocycles. The van der Waals surface area contributed by atoms with Crippen molar-refractivity contribution in [3.63, 3.8) is 0 Å². The number of fused-ring (bicyclic) bond motifs is 1. The number of pyridine rings is 1. The van der Waals surface area contributed by atoms with Crippen LogP contribution >= 0.6 is 11.8 Å². The van der Waals surface area contributed by atoms with Crippen molar-refractivity contribution >= 4 is 28.5 Å². The standard InChI is InChI=1S/C13H13NO2S/c1-17-7-6-11-10-5-3-2-4-9(10)8-12(14-11)13(15)16/h2-5,8H,6-7H2,1H3,(H,15,16). The molecule has 0 saturated heterocycles. The lowest BCUT2D eigenvalue weighted by atomic mass is 10.1. The molecule has 0 amide bonds. The number of rotatable bonds is 4. The van der Waals surface area contributed by atoms with Gasteiger partial charge in [0.15, 0.2) is 0 Å². The molecule has 0 aliphatic carbocycles. The zero-order chi connectivity index (χ0) is 12.3. The Bertz CT molecular complexity index is 554. The molecule has 1 aromatic heterocycles. The highest BCUT2D eigenvalue weighted by molar-refractivity contribution is 7.98. The summed E-state index contributed by atoms with van der Waals surface area (Å²) in [5.41, 5.74) is 0.995. The third-order valence-electron chi connectivity index (χ3n) is 2.58. The molecule has 1 N–H and O–H groups in total. The molecule has 0 unspecified atom stereocenters. The van der Waals surface area contributed by atoms with Crippen LogP contribution < -0.4 is 0 Å². The molecule has 0 fully saturated rings. The summed E-state index contributed by atoms with van der Waals surface area (Å²) in [6, 6.07) is 9.40. The Morgan fingerprint density at radius 1 is 1.41 bits per heavy atom. The highest BCUT2D eigenvalue weighted by atomic mass is 32.2. The largest absolute Gasteiger partial charge is 0.477 e. The van der Waals surface area contributed by atoms with E-state index in [0.29, 0.717) is 0 Å². The third-order valence-corrected chi connectivity index (χ3v) is 3.19. The molecule has 1 aromatic carbocycles. The maximum Gasteiger partial charge on any atom is 0.354 e. The summed E-state index contributed by atoms with van der Waals surface area (Å²) in [4.78, 5) is 15.2. The number of carboxylic acid groups (broad SMARTS) is 1. The van der Waals surface area contributed by atoms with E-state index in [9.17, 15) is 4.79 Å². The molecule has 0 spiro atoms. The second kappa shape index (κ2) is 5.19. The van der Waals surface area contributed by atoms with E-state index in [1.165, 1.54) is 0 Å². The number of nitrogens with zero attached hydrogens (tertiary/aromatic N) is 1. The minimum absolute atomic E-state index is 0.125. The Morgan fingerprint density at radius 3 is 2.88 bits per heavy atom. The number of hydrogen-bond donors (Lipinski definition) is 1. The topological polar surface area (TPSA) is 50.2 Å². The summed E-state index contributed by atoms with van der Waals surface area (Å²) < 4.78 is 0. The van der Waals surface area contributed by atoms with Gasteiger partial charge in [-0.3, -0.25) is 0 Å². The molecular formula is C13H13NO2S. The fraction of sp³-hybridized carbons (Fsp3) is 0.231. The van der Waals surface area contributed by atoms with Crippen molar-refractivity contribution in [1.29, 1.82) is 0 Å².